The van der Waals surface area contributed by atoms with Crippen LogP contribution in [-0.2, 0) is 0 Å². The number of benzene rings is 3. The van der Waals surface area contributed by atoms with Gasteiger partial charge in [-0.3, -0.25) is 19.7 Å². The zero-order chi connectivity index (χ0) is 18.7. The molecule has 3 aromatic rings. The fraction of sp³-hybridized carbons (Fsp3) is 0.0476. The fourth-order valence-electron chi connectivity index (χ4n) is 2.92. The van der Waals surface area contributed by atoms with Crippen molar-refractivity contribution in [3.63, 3.8) is 0 Å². The average Bonchev–Trinajstić information content (AvgIpc) is 2.67. The maximum Gasteiger partial charge on any atom is 0.288 e. The van der Waals surface area contributed by atoms with E-state index in [-0.39, 0.29) is 16.8 Å². The molecule has 5 nitrogen and oxygen atoms in total. The molecule has 3 aromatic carbocycles. The molecule has 0 N–H and O–H groups in total. The Morgan fingerprint density at radius 1 is 0.846 bits per heavy atom. The SMILES string of the molecule is CC(=O)c1c(C(=O)c2ccccc2)ccc(-c2ccccc2)c1[N+](=O)[O-]. The number of nitro benzene ring substituents is 1. The number of nitro groups is 1. The lowest BCUT2D eigenvalue weighted by Crippen LogP contribution is -2.12. The van der Waals surface area contributed by atoms with Gasteiger partial charge in [-0.2, -0.15) is 0 Å². The number of ketones is 2. The van der Waals surface area contributed by atoms with E-state index in [1.165, 1.54) is 19.1 Å². The number of Topliss-reactive ketones (excluding diaryl/α,β-unsaturated/α-hetero) is 1. The monoisotopic (exact) mass is 345 g/mol. The molecule has 3 rings (SSSR count). The first-order valence-corrected chi connectivity index (χ1v) is 7.98. The minimum atomic E-state index is -0.596. The van der Waals surface area contributed by atoms with Crippen LogP contribution in [0.3, 0.4) is 0 Å². The normalized spacial score (nSPS) is 10.3. The zero-order valence-corrected chi connectivity index (χ0v) is 14.0. The molecule has 0 saturated carbocycles. The van der Waals surface area contributed by atoms with Crippen LogP contribution in [0.15, 0.2) is 72.8 Å². The average molecular weight is 345 g/mol. The van der Waals surface area contributed by atoms with Crippen LogP contribution in [0.4, 0.5) is 5.69 Å². The van der Waals surface area contributed by atoms with E-state index in [2.05, 4.69) is 0 Å². The van der Waals surface area contributed by atoms with Crippen molar-refractivity contribution >= 4 is 17.3 Å². The van der Waals surface area contributed by atoms with Crippen molar-refractivity contribution in [1.82, 2.24) is 0 Å². The Bertz CT molecular complexity index is 995. The number of hydrogen-bond acceptors (Lipinski definition) is 4. The summed E-state index contributed by atoms with van der Waals surface area (Å²) in [5.74, 6) is -0.938. The Morgan fingerprint density at radius 2 is 1.42 bits per heavy atom. The fourth-order valence-corrected chi connectivity index (χ4v) is 2.92. The highest BCUT2D eigenvalue weighted by atomic mass is 16.6. The maximum absolute atomic E-state index is 12.8. The molecular weight excluding hydrogens is 330 g/mol. The molecule has 0 aliphatic rings. The Labute approximate surface area is 150 Å². The van der Waals surface area contributed by atoms with E-state index in [1.807, 2.05) is 0 Å². The lowest BCUT2D eigenvalue weighted by molar-refractivity contribution is -0.384. The van der Waals surface area contributed by atoms with Crippen molar-refractivity contribution in [2.75, 3.05) is 0 Å². The highest BCUT2D eigenvalue weighted by molar-refractivity contribution is 6.17. The van der Waals surface area contributed by atoms with Gasteiger partial charge in [0.05, 0.1) is 10.5 Å². The van der Waals surface area contributed by atoms with E-state index < -0.39 is 16.5 Å². The number of hydrogen-bond donors (Lipinski definition) is 0. The summed E-state index contributed by atoms with van der Waals surface area (Å²) in [4.78, 5) is 36.3. The van der Waals surface area contributed by atoms with E-state index in [0.717, 1.165) is 0 Å². The second-order valence-corrected chi connectivity index (χ2v) is 5.76. The Balaban J connectivity index is 2.28. The molecule has 0 heterocycles. The van der Waals surface area contributed by atoms with E-state index in [0.29, 0.717) is 16.7 Å². The lowest BCUT2D eigenvalue weighted by atomic mass is 9.90. The molecule has 0 radical (unpaired) electrons. The minimum absolute atomic E-state index is 0.0371. The van der Waals surface area contributed by atoms with Gasteiger partial charge in [-0.15, -0.1) is 0 Å². The first-order chi connectivity index (χ1) is 12.5. The van der Waals surface area contributed by atoms with Gasteiger partial charge in [-0.25, -0.2) is 0 Å². The molecule has 5 heteroatoms. The van der Waals surface area contributed by atoms with E-state index in [9.17, 15) is 19.7 Å². The van der Waals surface area contributed by atoms with Gasteiger partial charge < -0.3 is 0 Å². The molecule has 0 fully saturated rings. The summed E-state index contributed by atoms with van der Waals surface area (Å²) in [7, 11) is 0. The van der Waals surface area contributed by atoms with E-state index >= 15 is 0 Å². The van der Waals surface area contributed by atoms with Gasteiger partial charge in [0.1, 0.15) is 5.56 Å². The molecule has 128 valence electrons. The second kappa shape index (κ2) is 7.11. The summed E-state index contributed by atoms with van der Waals surface area (Å²) in [6, 6.07) is 20.2. The van der Waals surface area contributed by atoms with Crippen LogP contribution in [0.1, 0.15) is 33.2 Å². The van der Waals surface area contributed by atoms with Crippen molar-refractivity contribution in [2.24, 2.45) is 0 Å². The first kappa shape index (κ1) is 17.2. The van der Waals surface area contributed by atoms with Crippen LogP contribution in [-0.4, -0.2) is 16.5 Å². The molecule has 26 heavy (non-hydrogen) atoms. The summed E-state index contributed by atoms with van der Waals surface area (Å²) in [5, 5.41) is 11.8. The highest BCUT2D eigenvalue weighted by Gasteiger charge is 2.29. The molecule has 0 aliphatic carbocycles. The topological polar surface area (TPSA) is 77.3 Å². The summed E-state index contributed by atoms with van der Waals surface area (Å²) < 4.78 is 0. The third kappa shape index (κ3) is 3.15. The van der Waals surface area contributed by atoms with Gasteiger partial charge in [0.15, 0.2) is 11.6 Å². The van der Waals surface area contributed by atoms with Gasteiger partial charge in [-0.1, -0.05) is 60.7 Å². The predicted octanol–water partition coefficient (Wildman–Crippen LogP) is 4.70. The van der Waals surface area contributed by atoms with Gasteiger partial charge >= 0.3 is 0 Å². The van der Waals surface area contributed by atoms with Crippen molar-refractivity contribution in [1.29, 1.82) is 0 Å². The number of rotatable bonds is 5. The molecule has 0 aromatic heterocycles. The van der Waals surface area contributed by atoms with Crippen LogP contribution >= 0.6 is 0 Å². The van der Waals surface area contributed by atoms with Gasteiger partial charge in [0, 0.05) is 11.1 Å². The summed E-state index contributed by atoms with van der Waals surface area (Å²) in [6.45, 7) is 1.23. The molecule has 0 saturated heterocycles. The van der Waals surface area contributed by atoms with Crippen molar-refractivity contribution in [3.8, 4) is 11.1 Å². The summed E-state index contributed by atoms with van der Waals surface area (Å²) >= 11 is 0. The molecule has 0 unspecified atom stereocenters. The number of nitrogens with zero attached hydrogens (tertiary/aromatic N) is 1. The maximum atomic E-state index is 12.8. The van der Waals surface area contributed by atoms with Crippen LogP contribution < -0.4 is 0 Å². The van der Waals surface area contributed by atoms with Gasteiger partial charge in [-0.05, 0) is 24.6 Å². The third-order valence-electron chi connectivity index (χ3n) is 4.08. The molecule has 0 bridgehead atoms. The molecule has 0 atom stereocenters. The van der Waals surface area contributed by atoms with Crippen molar-refractivity contribution in [2.45, 2.75) is 6.92 Å². The Kier molecular flexibility index (Phi) is 4.71. The molecule has 0 spiro atoms. The van der Waals surface area contributed by atoms with Crippen LogP contribution in [0.2, 0.25) is 0 Å². The quantitative estimate of drug-likeness (QED) is 0.382. The smallest absolute Gasteiger partial charge is 0.288 e. The summed E-state index contributed by atoms with van der Waals surface area (Å²) in [5.41, 5.74) is 0.827. The van der Waals surface area contributed by atoms with Crippen molar-refractivity contribution in [3.05, 3.63) is 99.6 Å². The van der Waals surface area contributed by atoms with E-state index in [1.54, 1.807) is 60.7 Å². The Morgan fingerprint density at radius 3 is 1.96 bits per heavy atom. The lowest BCUT2D eigenvalue weighted by Gasteiger charge is -2.11. The predicted molar refractivity (Wildman–Crippen MR) is 98.4 cm³/mol. The van der Waals surface area contributed by atoms with Gasteiger partial charge in [0.2, 0.25) is 0 Å². The molecule has 0 amide bonds. The van der Waals surface area contributed by atoms with Crippen LogP contribution in [0.25, 0.3) is 11.1 Å². The number of carbonyl (C=O) groups excluding carboxylic acids is 2. The molecular formula is C21H15NO4. The number of carbonyl (C=O) groups is 2. The largest absolute Gasteiger partial charge is 0.294 e. The van der Waals surface area contributed by atoms with Gasteiger partial charge in [0.25, 0.3) is 5.69 Å². The zero-order valence-electron chi connectivity index (χ0n) is 14.0. The summed E-state index contributed by atoms with van der Waals surface area (Å²) in [6.07, 6.45) is 0. The molecule has 0 aliphatic heterocycles. The van der Waals surface area contributed by atoms with Crippen LogP contribution in [0.5, 0.6) is 0 Å². The van der Waals surface area contributed by atoms with E-state index in [4.69, 9.17) is 0 Å². The Hall–Kier alpha value is -3.60. The van der Waals surface area contributed by atoms with Crippen molar-refractivity contribution < 1.29 is 14.5 Å². The second-order valence-electron chi connectivity index (χ2n) is 5.76. The first-order valence-electron chi connectivity index (χ1n) is 7.98. The standard InChI is InChI=1S/C21H15NO4/c1-14(23)19-18(21(24)16-10-6-3-7-11-16)13-12-17(20(19)22(25)26)15-8-4-2-5-9-15/h2-13H,1H3. The minimum Gasteiger partial charge on any atom is -0.294 e. The highest BCUT2D eigenvalue weighted by Crippen LogP contribution is 2.36. The van der Waals surface area contributed by atoms with Crippen LogP contribution in [0, 0.1) is 10.1 Å². The third-order valence-corrected chi connectivity index (χ3v) is 4.08.